The Morgan fingerprint density at radius 2 is 1.92 bits per heavy atom. The van der Waals surface area contributed by atoms with Crippen molar-refractivity contribution in [1.29, 1.82) is 0 Å². The number of aliphatic hydroxyl groups is 1. The number of ether oxygens (including phenoxy) is 1. The van der Waals surface area contributed by atoms with E-state index in [-0.39, 0.29) is 12.3 Å². The van der Waals surface area contributed by atoms with Crippen molar-refractivity contribution in [3.05, 3.63) is 41.2 Å². The highest BCUT2D eigenvalue weighted by Crippen LogP contribution is 2.66. The summed E-state index contributed by atoms with van der Waals surface area (Å²) in [6.45, 7) is 1.81. The SMILES string of the molecule is COc1ccc2c(c1)CC[C@H]1[C@@H]2CC[C@@]2(C)[C@H]1CC[C@]2(O)C(F)=C(F)F. The molecule has 2 nitrogen and oxygen atoms in total. The monoisotopic (exact) mass is 366 g/mol. The van der Waals surface area contributed by atoms with E-state index in [1.54, 1.807) is 7.11 Å². The first-order valence-electron chi connectivity index (χ1n) is 9.42. The second-order valence-electron chi connectivity index (χ2n) is 8.41. The smallest absolute Gasteiger partial charge is 0.304 e. The molecular weight excluding hydrogens is 341 g/mol. The first-order chi connectivity index (χ1) is 12.3. The van der Waals surface area contributed by atoms with Crippen molar-refractivity contribution in [3.8, 4) is 5.75 Å². The topological polar surface area (TPSA) is 29.5 Å². The van der Waals surface area contributed by atoms with Gasteiger partial charge in [-0.15, -0.1) is 0 Å². The summed E-state index contributed by atoms with van der Waals surface area (Å²) in [4.78, 5) is 0. The maximum atomic E-state index is 14.2. The Balaban J connectivity index is 1.69. The second-order valence-corrected chi connectivity index (χ2v) is 8.41. The average molecular weight is 366 g/mol. The highest BCUT2D eigenvalue weighted by Gasteiger charge is 2.64. The van der Waals surface area contributed by atoms with Gasteiger partial charge in [-0.05, 0) is 79.5 Å². The Morgan fingerprint density at radius 1 is 1.15 bits per heavy atom. The van der Waals surface area contributed by atoms with Gasteiger partial charge >= 0.3 is 6.08 Å². The van der Waals surface area contributed by atoms with Crippen LogP contribution in [0.3, 0.4) is 0 Å². The Bertz CT molecular complexity index is 758. The molecule has 0 radical (unpaired) electrons. The fraction of sp³-hybridized carbons (Fsp3) is 0.619. The number of benzene rings is 1. The van der Waals surface area contributed by atoms with Gasteiger partial charge in [0.25, 0.3) is 0 Å². The second kappa shape index (κ2) is 6.01. The van der Waals surface area contributed by atoms with Crippen molar-refractivity contribution in [2.75, 3.05) is 7.11 Å². The van der Waals surface area contributed by atoms with E-state index in [2.05, 4.69) is 12.1 Å². The maximum absolute atomic E-state index is 14.2. The quantitative estimate of drug-likeness (QED) is 0.763. The number of halogens is 3. The van der Waals surface area contributed by atoms with Crippen molar-refractivity contribution in [2.24, 2.45) is 17.3 Å². The summed E-state index contributed by atoms with van der Waals surface area (Å²) in [7, 11) is 1.66. The Labute approximate surface area is 152 Å². The fourth-order valence-corrected chi connectivity index (χ4v) is 6.22. The zero-order chi connectivity index (χ0) is 18.7. The molecule has 142 valence electrons. The van der Waals surface area contributed by atoms with Crippen molar-refractivity contribution in [3.63, 3.8) is 0 Å². The molecule has 26 heavy (non-hydrogen) atoms. The normalized spacial score (nSPS) is 38.2. The molecule has 0 unspecified atom stereocenters. The third-order valence-electron chi connectivity index (χ3n) is 7.61. The first-order valence-corrected chi connectivity index (χ1v) is 9.42. The van der Waals surface area contributed by atoms with Gasteiger partial charge in [0, 0.05) is 5.41 Å². The van der Waals surface area contributed by atoms with Gasteiger partial charge in [-0.25, -0.2) is 4.39 Å². The summed E-state index contributed by atoms with van der Waals surface area (Å²) in [6.07, 6.45) is 1.51. The van der Waals surface area contributed by atoms with Crippen LogP contribution in [-0.2, 0) is 6.42 Å². The lowest BCUT2D eigenvalue weighted by Gasteiger charge is -2.52. The van der Waals surface area contributed by atoms with Crippen LogP contribution in [0, 0.1) is 17.3 Å². The predicted octanol–water partition coefficient (Wildman–Crippen LogP) is 5.36. The molecule has 0 aromatic heterocycles. The molecule has 1 aromatic carbocycles. The van der Waals surface area contributed by atoms with E-state index in [0.29, 0.717) is 24.7 Å². The van der Waals surface area contributed by atoms with Gasteiger partial charge in [-0.3, -0.25) is 0 Å². The van der Waals surface area contributed by atoms with E-state index in [1.807, 2.05) is 13.0 Å². The summed E-state index contributed by atoms with van der Waals surface area (Å²) < 4.78 is 45.5. The van der Waals surface area contributed by atoms with Gasteiger partial charge < -0.3 is 9.84 Å². The van der Waals surface area contributed by atoms with Crippen LogP contribution in [0.4, 0.5) is 13.2 Å². The molecule has 0 aliphatic heterocycles. The van der Waals surface area contributed by atoms with E-state index >= 15 is 0 Å². The summed E-state index contributed by atoms with van der Waals surface area (Å²) in [5.74, 6) is -0.0382. The van der Waals surface area contributed by atoms with E-state index in [9.17, 15) is 18.3 Å². The van der Waals surface area contributed by atoms with Crippen LogP contribution in [-0.4, -0.2) is 17.8 Å². The van der Waals surface area contributed by atoms with Crippen molar-refractivity contribution in [2.45, 2.75) is 57.0 Å². The minimum absolute atomic E-state index is 0.0617. The van der Waals surface area contributed by atoms with E-state index in [1.165, 1.54) is 11.1 Å². The van der Waals surface area contributed by atoms with Gasteiger partial charge in [0.1, 0.15) is 11.4 Å². The Kier molecular flexibility index (Phi) is 4.14. The van der Waals surface area contributed by atoms with Crippen LogP contribution in [0.5, 0.6) is 5.75 Å². The molecule has 3 aliphatic carbocycles. The number of hydrogen-bond donors (Lipinski definition) is 1. The molecule has 5 atom stereocenters. The van der Waals surface area contributed by atoms with Gasteiger partial charge in [0.15, 0.2) is 5.83 Å². The highest BCUT2D eigenvalue weighted by molar-refractivity contribution is 5.41. The predicted molar refractivity (Wildman–Crippen MR) is 92.9 cm³/mol. The molecule has 2 fully saturated rings. The standard InChI is InChI=1S/C21H25F3O2/c1-20-9-7-15-14-6-4-13(26-2)11-12(14)3-5-16(15)17(20)8-10-21(20,25)18(22)19(23)24/h4,6,11,15-17,25H,3,5,7-10H2,1-2H3/t15-,16+,17+,20+,21+/m1/s1. The van der Waals surface area contributed by atoms with E-state index in [0.717, 1.165) is 25.0 Å². The molecule has 1 N–H and O–H groups in total. The van der Waals surface area contributed by atoms with Crippen LogP contribution in [0.1, 0.15) is 56.1 Å². The molecule has 0 saturated heterocycles. The van der Waals surface area contributed by atoms with Crippen LogP contribution in [0.15, 0.2) is 30.1 Å². The molecule has 0 bridgehead atoms. The largest absolute Gasteiger partial charge is 0.497 e. The number of methoxy groups -OCH3 is 1. The lowest BCUT2D eigenvalue weighted by atomic mass is 9.53. The Hall–Kier alpha value is -1.49. The molecule has 3 aliphatic rings. The van der Waals surface area contributed by atoms with Gasteiger partial charge in [0.05, 0.1) is 7.11 Å². The van der Waals surface area contributed by atoms with Crippen molar-refractivity contribution in [1.82, 2.24) is 0 Å². The Morgan fingerprint density at radius 3 is 2.62 bits per heavy atom. The number of fused-ring (bicyclic) bond motifs is 5. The lowest BCUT2D eigenvalue weighted by molar-refractivity contribution is -0.0927. The van der Waals surface area contributed by atoms with E-state index in [4.69, 9.17) is 4.74 Å². The van der Waals surface area contributed by atoms with Crippen molar-refractivity contribution >= 4 is 0 Å². The van der Waals surface area contributed by atoms with Gasteiger partial charge in [-0.2, -0.15) is 8.78 Å². The van der Waals surface area contributed by atoms with Crippen molar-refractivity contribution < 1.29 is 23.0 Å². The van der Waals surface area contributed by atoms with Crippen LogP contribution in [0.25, 0.3) is 0 Å². The third kappa shape index (κ3) is 2.29. The summed E-state index contributed by atoms with van der Waals surface area (Å²) >= 11 is 0. The highest BCUT2D eigenvalue weighted by atomic mass is 19.3. The number of rotatable bonds is 2. The molecule has 1 aromatic rings. The lowest BCUT2D eigenvalue weighted by Crippen LogP contribution is -2.51. The molecule has 2 saturated carbocycles. The van der Waals surface area contributed by atoms with Gasteiger partial charge in [-0.1, -0.05) is 13.0 Å². The maximum Gasteiger partial charge on any atom is 0.304 e. The molecule has 5 heteroatoms. The average Bonchev–Trinajstić information content (AvgIpc) is 2.92. The molecule has 0 heterocycles. The van der Waals surface area contributed by atoms with Crippen LogP contribution < -0.4 is 4.74 Å². The summed E-state index contributed by atoms with van der Waals surface area (Å²) in [6, 6.07) is 6.18. The minimum atomic E-state index is -2.38. The first kappa shape index (κ1) is 17.9. The zero-order valence-electron chi connectivity index (χ0n) is 15.2. The van der Waals surface area contributed by atoms with Gasteiger partial charge in [0.2, 0.25) is 0 Å². The molecular formula is C21H25F3O2. The van der Waals surface area contributed by atoms with Crippen LogP contribution >= 0.6 is 0 Å². The molecule has 4 rings (SSSR count). The molecule has 0 amide bonds. The third-order valence-corrected chi connectivity index (χ3v) is 7.61. The van der Waals surface area contributed by atoms with Crippen LogP contribution in [0.2, 0.25) is 0 Å². The summed E-state index contributed by atoms with van der Waals surface area (Å²) in [5, 5.41) is 10.9. The number of hydrogen-bond acceptors (Lipinski definition) is 2. The fourth-order valence-electron chi connectivity index (χ4n) is 6.22. The molecule has 0 spiro atoms. The number of aryl methyl sites for hydroxylation is 1. The van der Waals surface area contributed by atoms with E-state index < -0.39 is 22.9 Å². The minimum Gasteiger partial charge on any atom is -0.497 e. The summed E-state index contributed by atoms with van der Waals surface area (Å²) in [5.41, 5.74) is -0.247. The zero-order valence-corrected chi connectivity index (χ0v) is 15.2.